The highest BCUT2D eigenvalue weighted by atomic mass is 16.5. The molecule has 2 bridgehead atoms. The van der Waals surface area contributed by atoms with Crippen molar-refractivity contribution in [2.45, 2.75) is 65.0 Å². The summed E-state index contributed by atoms with van der Waals surface area (Å²) in [4.78, 5) is 12.6. The number of esters is 1. The maximum Gasteiger partial charge on any atom is 0.355 e. The van der Waals surface area contributed by atoms with Crippen LogP contribution in [0, 0.1) is 16.7 Å². The Bertz CT molecular complexity index is 584. The van der Waals surface area contributed by atoms with Gasteiger partial charge in [0.25, 0.3) is 0 Å². The topological polar surface area (TPSA) is 31.2 Å². The summed E-state index contributed by atoms with van der Waals surface area (Å²) in [5.74, 6) is 0.581. The Kier molecular flexibility index (Phi) is 2.65. The molecule has 0 radical (unpaired) electrons. The van der Waals surface area contributed by atoms with Gasteiger partial charge in [-0.3, -0.25) is 0 Å². The van der Waals surface area contributed by atoms with Gasteiger partial charge in [-0.25, -0.2) is 4.79 Å². The van der Waals surface area contributed by atoms with Gasteiger partial charge >= 0.3 is 5.97 Å². The molecule has 1 aromatic heterocycles. The summed E-state index contributed by atoms with van der Waals surface area (Å²) in [6, 6.07) is 4.39. The monoisotopic (exact) mass is 287 g/mol. The fourth-order valence-corrected chi connectivity index (χ4v) is 4.74. The van der Waals surface area contributed by atoms with E-state index >= 15 is 0 Å². The van der Waals surface area contributed by atoms with Crippen LogP contribution in [0.1, 0.15) is 69.4 Å². The first kappa shape index (κ1) is 13.4. The molecule has 3 nitrogen and oxygen atoms in total. The number of hydrogen-bond acceptors (Lipinski definition) is 2. The minimum absolute atomic E-state index is 0.0845. The molecule has 0 aromatic carbocycles. The summed E-state index contributed by atoms with van der Waals surface area (Å²) < 4.78 is 8.09. The summed E-state index contributed by atoms with van der Waals surface area (Å²) in [7, 11) is 0. The minimum Gasteiger partial charge on any atom is -0.457 e. The predicted molar refractivity (Wildman–Crippen MR) is 81.1 cm³/mol. The van der Waals surface area contributed by atoms with Crippen LogP contribution in [0.3, 0.4) is 0 Å². The molecule has 3 heteroatoms. The van der Waals surface area contributed by atoms with Gasteiger partial charge in [-0.1, -0.05) is 20.8 Å². The van der Waals surface area contributed by atoms with E-state index in [1.165, 1.54) is 25.7 Å². The molecule has 3 aliphatic carbocycles. The Balaban J connectivity index is 1.54. The van der Waals surface area contributed by atoms with Crippen LogP contribution in [0.5, 0.6) is 0 Å². The SMILES string of the molecule is CC1(C)C2CCC1(C)C(OC(=O)c1cccn1C1CC1)C2. The van der Waals surface area contributed by atoms with Crippen molar-refractivity contribution >= 4 is 5.97 Å². The summed E-state index contributed by atoms with van der Waals surface area (Å²) in [5, 5.41) is 0. The second kappa shape index (κ2) is 4.15. The van der Waals surface area contributed by atoms with Gasteiger partial charge in [-0.15, -0.1) is 0 Å². The first-order valence-corrected chi connectivity index (χ1v) is 8.31. The highest BCUT2D eigenvalue weighted by Gasteiger charge is 2.62. The molecule has 1 aromatic rings. The van der Waals surface area contributed by atoms with Crippen molar-refractivity contribution in [3.8, 4) is 0 Å². The zero-order valence-electron chi connectivity index (χ0n) is 13.3. The van der Waals surface area contributed by atoms with Gasteiger partial charge in [0.15, 0.2) is 0 Å². The first-order chi connectivity index (χ1) is 9.93. The molecule has 3 fully saturated rings. The molecule has 0 aliphatic heterocycles. The van der Waals surface area contributed by atoms with Crippen LogP contribution < -0.4 is 0 Å². The van der Waals surface area contributed by atoms with Crippen molar-refractivity contribution in [2.75, 3.05) is 0 Å². The molecule has 1 heterocycles. The van der Waals surface area contributed by atoms with Crippen molar-refractivity contribution in [3.63, 3.8) is 0 Å². The molecule has 3 aliphatic rings. The van der Waals surface area contributed by atoms with Crippen molar-refractivity contribution in [1.29, 1.82) is 0 Å². The number of nitrogens with zero attached hydrogens (tertiary/aromatic N) is 1. The van der Waals surface area contributed by atoms with Crippen LogP contribution >= 0.6 is 0 Å². The molecule has 4 rings (SSSR count). The Morgan fingerprint density at radius 1 is 1.29 bits per heavy atom. The van der Waals surface area contributed by atoms with Crippen molar-refractivity contribution in [3.05, 3.63) is 24.0 Å². The van der Waals surface area contributed by atoms with Crippen LogP contribution in [-0.4, -0.2) is 16.6 Å². The lowest BCUT2D eigenvalue weighted by atomic mass is 9.70. The summed E-state index contributed by atoms with van der Waals surface area (Å²) >= 11 is 0. The fraction of sp³-hybridized carbons (Fsp3) is 0.722. The van der Waals surface area contributed by atoms with E-state index in [2.05, 4.69) is 25.3 Å². The number of ether oxygens (including phenoxy) is 1. The van der Waals surface area contributed by atoms with E-state index < -0.39 is 0 Å². The molecule has 0 N–H and O–H groups in total. The minimum atomic E-state index is -0.124. The van der Waals surface area contributed by atoms with Gasteiger partial charge in [0.2, 0.25) is 0 Å². The molecule has 3 atom stereocenters. The number of rotatable bonds is 3. The van der Waals surface area contributed by atoms with Crippen LogP contribution in [0.15, 0.2) is 18.3 Å². The van der Waals surface area contributed by atoms with Crippen LogP contribution in [-0.2, 0) is 4.74 Å². The standard InChI is InChI=1S/C18H25NO2/c1-17(2)12-8-9-18(17,3)15(11-12)21-16(20)14-5-4-10-19(14)13-6-7-13/h4-5,10,12-13,15H,6-9,11H2,1-3H3. The lowest BCUT2D eigenvalue weighted by Gasteiger charge is -2.38. The zero-order valence-corrected chi connectivity index (χ0v) is 13.3. The third-order valence-electron chi connectivity index (χ3n) is 6.89. The summed E-state index contributed by atoms with van der Waals surface area (Å²) in [5.41, 5.74) is 1.17. The quantitative estimate of drug-likeness (QED) is 0.780. The molecule has 0 spiro atoms. The second-order valence-corrected chi connectivity index (χ2v) is 8.04. The second-order valence-electron chi connectivity index (χ2n) is 8.04. The van der Waals surface area contributed by atoms with E-state index in [0.717, 1.165) is 12.1 Å². The Labute approximate surface area is 126 Å². The molecule has 3 unspecified atom stereocenters. The highest BCUT2D eigenvalue weighted by Crippen LogP contribution is 2.66. The highest BCUT2D eigenvalue weighted by molar-refractivity contribution is 5.88. The molecule has 21 heavy (non-hydrogen) atoms. The van der Waals surface area contributed by atoms with E-state index in [1.54, 1.807) is 0 Å². The van der Waals surface area contributed by atoms with Gasteiger partial charge in [0, 0.05) is 17.7 Å². The smallest absolute Gasteiger partial charge is 0.355 e. The van der Waals surface area contributed by atoms with Gasteiger partial charge in [-0.2, -0.15) is 0 Å². The molecular formula is C18H25NO2. The Morgan fingerprint density at radius 3 is 2.62 bits per heavy atom. The van der Waals surface area contributed by atoms with Gasteiger partial charge in [0.1, 0.15) is 11.8 Å². The Hall–Kier alpha value is -1.25. The number of fused-ring (bicyclic) bond motifs is 2. The molecule has 3 saturated carbocycles. The van der Waals surface area contributed by atoms with E-state index in [1.807, 2.05) is 18.3 Å². The molecule has 0 saturated heterocycles. The van der Waals surface area contributed by atoms with Gasteiger partial charge in [0.05, 0.1) is 0 Å². The van der Waals surface area contributed by atoms with Crippen molar-refractivity contribution in [2.24, 2.45) is 16.7 Å². The first-order valence-electron chi connectivity index (χ1n) is 8.31. The molecule has 114 valence electrons. The van der Waals surface area contributed by atoms with Gasteiger partial charge in [-0.05, 0) is 55.6 Å². The number of carbonyl (C=O) groups is 1. The number of hydrogen-bond donors (Lipinski definition) is 0. The normalized spacial score (nSPS) is 36.9. The van der Waals surface area contributed by atoms with E-state index in [4.69, 9.17) is 4.74 Å². The van der Waals surface area contributed by atoms with Crippen molar-refractivity contribution < 1.29 is 9.53 Å². The third kappa shape index (κ3) is 1.75. The fourth-order valence-electron chi connectivity index (χ4n) is 4.74. The third-order valence-corrected chi connectivity index (χ3v) is 6.89. The molecular weight excluding hydrogens is 262 g/mol. The van der Waals surface area contributed by atoms with E-state index in [0.29, 0.717) is 12.0 Å². The predicted octanol–water partition coefficient (Wildman–Crippen LogP) is 4.19. The average molecular weight is 287 g/mol. The lowest BCUT2D eigenvalue weighted by molar-refractivity contribution is -0.0250. The maximum absolute atomic E-state index is 12.6. The van der Waals surface area contributed by atoms with Crippen LogP contribution in [0.4, 0.5) is 0 Å². The van der Waals surface area contributed by atoms with E-state index in [-0.39, 0.29) is 22.9 Å². The van der Waals surface area contributed by atoms with Crippen LogP contribution in [0.25, 0.3) is 0 Å². The van der Waals surface area contributed by atoms with Crippen LogP contribution in [0.2, 0.25) is 0 Å². The molecule has 0 amide bonds. The lowest BCUT2D eigenvalue weighted by Crippen LogP contribution is -2.38. The van der Waals surface area contributed by atoms with Crippen molar-refractivity contribution in [1.82, 2.24) is 4.57 Å². The number of carbonyl (C=O) groups excluding carboxylic acids is 1. The maximum atomic E-state index is 12.6. The summed E-state index contributed by atoms with van der Waals surface area (Å²) in [6.45, 7) is 7.02. The Morgan fingerprint density at radius 2 is 2.05 bits per heavy atom. The zero-order chi connectivity index (χ0) is 14.8. The van der Waals surface area contributed by atoms with Gasteiger partial charge < -0.3 is 9.30 Å². The largest absolute Gasteiger partial charge is 0.457 e. The summed E-state index contributed by atoms with van der Waals surface area (Å²) in [6.07, 6.45) is 7.99. The number of aromatic nitrogens is 1. The van der Waals surface area contributed by atoms with E-state index in [9.17, 15) is 4.79 Å². The average Bonchev–Trinajstić information content (AvgIpc) is 3.08.